The number of hydrogen-bond donors (Lipinski definition) is 0. The van der Waals surface area contributed by atoms with Crippen LogP contribution in [0.4, 0.5) is 0 Å². The molecule has 0 atom stereocenters. The summed E-state index contributed by atoms with van der Waals surface area (Å²) >= 11 is 0. The van der Waals surface area contributed by atoms with Gasteiger partial charge in [-0.25, -0.2) is 4.57 Å². The van der Waals surface area contributed by atoms with Gasteiger partial charge in [-0.15, -0.1) is 0 Å². The Bertz CT molecular complexity index is 773. The quantitative estimate of drug-likeness (QED) is 0.607. The Morgan fingerprint density at radius 1 is 0.762 bits per heavy atom. The Hall–Kier alpha value is -2.41. The van der Waals surface area contributed by atoms with Crippen molar-refractivity contribution in [2.45, 2.75) is 13.8 Å². The standard InChI is InChI=1S/C20H20N/c1-15-9-10-19(16(2)13-15)20-14-18(11-12-21(20)3)17-7-5-4-6-8-17/h4-14H,1-3H3/q+1. The second kappa shape index (κ2) is 5.53. The summed E-state index contributed by atoms with van der Waals surface area (Å²) in [7, 11) is 2.10. The van der Waals surface area contributed by atoms with Crippen LogP contribution in [0.3, 0.4) is 0 Å². The van der Waals surface area contributed by atoms with Crippen molar-refractivity contribution in [2.24, 2.45) is 7.05 Å². The lowest BCUT2D eigenvalue weighted by atomic mass is 9.99. The number of pyridine rings is 1. The fraction of sp³-hybridized carbons (Fsp3) is 0.150. The van der Waals surface area contributed by atoms with E-state index in [9.17, 15) is 0 Å². The molecule has 1 heterocycles. The fourth-order valence-electron chi connectivity index (χ4n) is 2.75. The van der Waals surface area contributed by atoms with E-state index < -0.39 is 0 Å². The van der Waals surface area contributed by atoms with E-state index in [4.69, 9.17) is 0 Å². The van der Waals surface area contributed by atoms with Gasteiger partial charge >= 0.3 is 0 Å². The molecule has 104 valence electrons. The molecule has 2 aromatic carbocycles. The minimum atomic E-state index is 1.24. The Kier molecular flexibility index (Phi) is 3.57. The molecule has 0 bridgehead atoms. The summed E-state index contributed by atoms with van der Waals surface area (Å²) in [5.74, 6) is 0. The first-order chi connectivity index (χ1) is 10.1. The molecule has 0 saturated heterocycles. The first-order valence-electron chi connectivity index (χ1n) is 7.28. The highest BCUT2D eigenvalue weighted by Gasteiger charge is 2.13. The van der Waals surface area contributed by atoms with Crippen molar-refractivity contribution in [1.29, 1.82) is 0 Å². The highest BCUT2D eigenvalue weighted by atomic mass is 14.9. The third-order valence-corrected chi connectivity index (χ3v) is 3.91. The van der Waals surface area contributed by atoms with Crippen LogP contribution < -0.4 is 4.57 Å². The third-order valence-electron chi connectivity index (χ3n) is 3.91. The van der Waals surface area contributed by atoms with E-state index in [1.807, 2.05) is 0 Å². The monoisotopic (exact) mass is 274 g/mol. The molecule has 0 spiro atoms. The van der Waals surface area contributed by atoms with Crippen molar-refractivity contribution >= 4 is 0 Å². The zero-order chi connectivity index (χ0) is 14.8. The van der Waals surface area contributed by atoms with Gasteiger partial charge in [0, 0.05) is 17.7 Å². The van der Waals surface area contributed by atoms with Gasteiger partial charge in [-0.1, -0.05) is 48.0 Å². The Balaban J connectivity index is 2.15. The van der Waals surface area contributed by atoms with Crippen LogP contribution in [0.25, 0.3) is 22.4 Å². The fourth-order valence-corrected chi connectivity index (χ4v) is 2.75. The number of nitrogens with zero attached hydrogens (tertiary/aromatic N) is 1. The second-order valence-electron chi connectivity index (χ2n) is 5.60. The Labute approximate surface area is 126 Å². The van der Waals surface area contributed by atoms with Crippen molar-refractivity contribution in [2.75, 3.05) is 0 Å². The van der Waals surface area contributed by atoms with Crippen molar-refractivity contribution in [3.8, 4) is 22.4 Å². The van der Waals surface area contributed by atoms with Crippen LogP contribution in [0.1, 0.15) is 11.1 Å². The number of aromatic nitrogens is 1. The predicted octanol–water partition coefficient (Wildman–Crippen LogP) is 4.46. The molecule has 0 saturated carbocycles. The third kappa shape index (κ3) is 2.73. The molecule has 0 aliphatic heterocycles. The summed E-state index contributed by atoms with van der Waals surface area (Å²) in [6, 6.07) is 21.6. The van der Waals surface area contributed by atoms with E-state index in [0.717, 1.165) is 0 Å². The number of benzene rings is 2. The van der Waals surface area contributed by atoms with E-state index in [-0.39, 0.29) is 0 Å². The van der Waals surface area contributed by atoms with Gasteiger partial charge < -0.3 is 0 Å². The van der Waals surface area contributed by atoms with E-state index in [1.54, 1.807) is 0 Å². The number of aryl methyl sites for hydroxylation is 3. The van der Waals surface area contributed by atoms with Gasteiger partial charge in [0.15, 0.2) is 6.20 Å². The van der Waals surface area contributed by atoms with Crippen molar-refractivity contribution in [3.63, 3.8) is 0 Å². The summed E-state index contributed by atoms with van der Waals surface area (Å²) < 4.78 is 2.18. The van der Waals surface area contributed by atoms with E-state index in [2.05, 4.69) is 92.3 Å². The maximum atomic E-state index is 2.27. The van der Waals surface area contributed by atoms with Crippen molar-refractivity contribution in [3.05, 3.63) is 78.0 Å². The van der Waals surface area contributed by atoms with Gasteiger partial charge in [-0.2, -0.15) is 0 Å². The molecule has 3 rings (SSSR count). The van der Waals surface area contributed by atoms with Crippen LogP contribution >= 0.6 is 0 Å². The van der Waals surface area contributed by atoms with Gasteiger partial charge in [-0.05, 0) is 36.6 Å². The molecule has 0 aliphatic rings. The van der Waals surface area contributed by atoms with Gasteiger partial charge in [0.25, 0.3) is 0 Å². The summed E-state index contributed by atoms with van der Waals surface area (Å²) in [5.41, 5.74) is 7.66. The maximum absolute atomic E-state index is 2.27. The summed E-state index contributed by atoms with van der Waals surface area (Å²) in [4.78, 5) is 0. The average molecular weight is 274 g/mol. The van der Waals surface area contributed by atoms with Gasteiger partial charge in [0.05, 0.1) is 0 Å². The average Bonchev–Trinajstić information content (AvgIpc) is 2.49. The molecule has 1 heteroatoms. The molecule has 0 fully saturated rings. The van der Waals surface area contributed by atoms with Gasteiger partial charge in [-0.3, -0.25) is 0 Å². The molecule has 0 aliphatic carbocycles. The zero-order valence-corrected chi connectivity index (χ0v) is 12.8. The first kappa shape index (κ1) is 13.6. The highest BCUT2D eigenvalue weighted by Crippen LogP contribution is 2.26. The minimum absolute atomic E-state index is 1.24. The molecule has 21 heavy (non-hydrogen) atoms. The normalized spacial score (nSPS) is 10.6. The minimum Gasteiger partial charge on any atom is -0.201 e. The van der Waals surface area contributed by atoms with Crippen LogP contribution in [-0.2, 0) is 7.05 Å². The molecule has 0 amide bonds. The van der Waals surface area contributed by atoms with Gasteiger partial charge in [0.2, 0.25) is 5.69 Å². The summed E-state index contributed by atoms with van der Waals surface area (Å²) in [5, 5.41) is 0. The van der Waals surface area contributed by atoms with Crippen LogP contribution in [0.15, 0.2) is 66.9 Å². The summed E-state index contributed by atoms with van der Waals surface area (Å²) in [6.45, 7) is 4.31. The molecule has 3 aromatic rings. The largest absolute Gasteiger partial charge is 0.213 e. The topological polar surface area (TPSA) is 3.88 Å². The van der Waals surface area contributed by atoms with Crippen molar-refractivity contribution < 1.29 is 4.57 Å². The molecule has 1 nitrogen and oxygen atoms in total. The lowest BCUT2D eigenvalue weighted by molar-refractivity contribution is -0.660. The highest BCUT2D eigenvalue weighted by molar-refractivity contribution is 5.70. The molecule has 0 N–H and O–H groups in total. The van der Waals surface area contributed by atoms with Crippen LogP contribution in [0, 0.1) is 13.8 Å². The van der Waals surface area contributed by atoms with Crippen LogP contribution in [-0.4, -0.2) is 0 Å². The van der Waals surface area contributed by atoms with Crippen LogP contribution in [0.2, 0.25) is 0 Å². The molecular weight excluding hydrogens is 254 g/mol. The van der Waals surface area contributed by atoms with E-state index >= 15 is 0 Å². The van der Waals surface area contributed by atoms with E-state index in [0.29, 0.717) is 0 Å². The zero-order valence-electron chi connectivity index (χ0n) is 12.8. The summed E-state index contributed by atoms with van der Waals surface area (Å²) in [6.07, 6.45) is 2.14. The Morgan fingerprint density at radius 3 is 2.24 bits per heavy atom. The number of rotatable bonds is 2. The number of hydrogen-bond acceptors (Lipinski definition) is 0. The second-order valence-corrected chi connectivity index (χ2v) is 5.60. The lowest BCUT2D eigenvalue weighted by Gasteiger charge is -2.08. The molecular formula is C20H20N+. The van der Waals surface area contributed by atoms with E-state index in [1.165, 1.54) is 33.5 Å². The predicted molar refractivity (Wildman–Crippen MR) is 88.0 cm³/mol. The smallest absolute Gasteiger partial charge is 0.201 e. The Morgan fingerprint density at radius 2 is 1.52 bits per heavy atom. The molecule has 0 radical (unpaired) electrons. The van der Waals surface area contributed by atoms with Crippen molar-refractivity contribution in [1.82, 2.24) is 0 Å². The molecule has 0 unspecified atom stereocenters. The molecule has 1 aromatic heterocycles. The lowest BCUT2D eigenvalue weighted by Crippen LogP contribution is -2.30. The SMILES string of the molecule is Cc1ccc(-c2cc(-c3ccccc3)cc[n+]2C)c(C)c1. The van der Waals surface area contributed by atoms with Gasteiger partial charge in [0.1, 0.15) is 7.05 Å². The maximum Gasteiger partial charge on any atom is 0.213 e. The first-order valence-corrected chi connectivity index (χ1v) is 7.28. The van der Waals surface area contributed by atoms with Crippen LogP contribution in [0.5, 0.6) is 0 Å².